The number of hydrogen-bond acceptors (Lipinski definition) is 5. The monoisotopic (exact) mass is 448 g/mol. The van der Waals surface area contributed by atoms with E-state index in [1.54, 1.807) is 24.9 Å². The highest BCUT2D eigenvalue weighted by Crippen LogP contribution is 2.35. The summed E-state index contributed by atoms with van der Waals surface area (Å²) in [6, 6.07) is -0.00521. The van der Waals surface area contributed by atoms with E-state index in [1.807, 2.05) is 31.4 Å². The van der Waals surface area contributed by atoms with Crippen LogP contribution in [0.25, 0.3) is 0 Å². The molecule has 0 spiro atoms. The van der Waals surface area contributed by atoms with Crippen molar-refractivity contribution in [1.29, 1.82) is 0 Å². The van der Waals surface area contributed by atoms with Crippen LogP contribution in [0.5, 0.6) is 0 Å². The number of nitrogens with zero attached hydrogens (tertiary/aromatic N) is 3. The van der Waals surface area contributed by atoms with Gasteiger partial charge in [0.05, 0.1) is 18.3 Å². The maximum absolute atomic E-state index is 12.6. The van der Waals surface area contributed by atoms with E-state index < -0.39 is 6.43 Å². The van der Waals surface area contributed by atoms with Crippen molar-refractivity contribution in [1.82, 2.24) is 10.2 Å². The Morgan fingerprint density at radius 2 is 2.16 bits per heavy atom. The molecule has 168 valence electrons. The zero-order valence-corrected chi connectivity index (χ0v) is 19.1. The van der Waals surface area contributed by atoms with Gasteiger partial charge in [-0.2, -0.15) is 0 Å². The normalized spacial score (nSPS) is 22.7. The van der Waals surface area contributed by atoms with Crippen molar-refractivity contribution in [3.05, 3.63) is 45.9 Å². The maximum Gasteiger partial charge on any atom is 0.242 e. The summed E-state index contributed by atoms with van der Waals surface area (Å²) >= 11 is 1.61. The van der Waals surface area contributed by atoms with Crippen LogP contribution in [0.15, 0.2) is 55.9 Å². The quantitative estimate of drug-likeness (QED) is 0.520. The summed E-state index contributed by atoms with van der Waals surface area (Å²) in [7, 11) is 1.67. The summed E-state index contributed by atoms with van der Waals surface area (Å²) in [5, 5.41) is 5.21. The number of amides is 1. The third-order valence-corrected chi connectivity index (χ3v) is 6.49. The fraction of sp³-hybridized carbons (Fsp3) is 0.522. The van der Waals surface area contributed by atoms with E-state index in [-0.39, 0.29) is 24.3 Å². The zero-order chi connectivity index (χ0) is 22.4. The molecule has 0 bridgehead atoms. The van der Waals surface area contributed by atoms with E-state index in [0.29, 0.717) is 25.2 Å². The third kappa shape index (κ3) is 5.93. The second kappa shape index (κ2) is 10.9. The van der Waals surface area contributed by atoms with Crippen molar-refractivity contribution in [2.75, 3.05) is 20.1 Å². The minimum absolute atomic E-state index is 0.00521. The Hall–Kier alpha value is -2.22. The van der Waals surface area contributed by atoms with Crippen LogP contribution in [0.2, 0.25) is 0 Å². The first-order chi connectivity index (χ1) is 15.0. The first-order valence-corrected chi connectivity index (χ1v) is 11.6. The van der Waals surface area contributed by atoms with Crippen LogP contribution in [0.4, 0.5) is 8.78 Å². The number of rotatable bonds is 9. The Bertz CT molecular complexity index is 869. The summed E-state index contributed by atoms with van der Waals surface area (Å²) in [6.07, 6.45) is 7.08. The zero-order valence-electron chi connectivity index (χ0n) is 18.3. The molecule has 3 aliphatic rings. The SMILES string of the molecule is C/C=C\S/C(=C/C)C1=NCC(C(/C=C\CC(F)F)=N/C)=C2CC(NC(=O)C3CC3)CN12. The van der Waals surface area contributed by atoms with Crippen LogP contribution in [0, 0.1) is 5.92 Å². The summed E-state index contributed by atoms with van der Waals surface area (Å²) in [5.41, 5.74) is 2.67. The topological polar surface area (TPSA) is 57.1 Å². The lowest BCUT2D eigenvalue weighted by atomic mass is 10.0. The molecule has 1 atom stereocenters. The van der Waals surface area contributed by atoms with Gasteiger partial charge in [-0.15, -0.1) is 0 Å². The minimum atomic E-state index is -2.38. The number of carbonyl (C=O) groups is 1. The van der Waals surface area contributed by atoms with Gasteiger partial charge in [0.2, 0.25) is 12.3 Å². The van der Waals surface area contributed by atoms with Crippen LogP contribution in [-0.2, 0) is 4.79 Å². The molecule has 1 saturated carbocycles. The van der Waals surface area contributed by atoms with Crippen molar-refractivity contribution in [3.8, 4) is 0 Å². The van der Waals surface area contributed by atoms with E-state index in [9.17, 15) is 13.6 Å². The summed E-state index contributed by atoms with van der Waals surface area (Å²) in [6.45, 7) is 5.04. The number of amidine groups is 1. The van der Waals surface area contributed by atoms with Gasteiger partial charge in [0.15, 0.2) is 0 Å². The van der Waals surface area contributed by atoms with Crippen LogP contribution in [0.1, 0.15) is 39.5 Å². The fourth-order valence-electron chi connectivity index (χ4n) is 3.75. The molecule has 0 aromatic carbocycles. The van der Waals surface area contributed by atoms with Crippen LogP contribution < -0.4 is 5.32 Å². The van der Waals surface area contributed by atoms with Gasteiger partial charge in [0, 0.05) is 48.5 Å². The number of halogens is 2. The molecule has 1 amide bonds. The van der Waals surface area contributed by atoms with Gasteiger partial charge >= 0.3 is 0 Å². The van der Waals surface area contributed by atoms with Crippen molar-refractivity contribution >= 4 is 29.2 Å². The van der Waals surface area contributed by atoms with Gasteiger partial charge in [0.25, 0.3) is 0 Å². The molecule has 1 N–H and O–H groups in total. The molecule has 3 rings (SSSR count). The molecule has 0 aromatic rings. The highest BCUT2D eigenvalue weighted by atomic mass is 32.2. The summed E-state index contributed by atoms with van der Waals surface area (Å²) < 4.78 is 25.2. The van der Waals surface area contributed by atoms with Gasteiger partial charge in [-0.3, -0.25) is 14.8 Å². The second-order valence-corrected chi connectivity index (χ2v) is 8.69. The molecule has 0 radical (unpaired) electrons. The highest BCUT2D eigenvalue weighted by Gasteiger charge is 2.38. The first-order valence-electron chi connectivity index (χ1n) is 10.7. The number of alkyl halides is 2. The van der Waals surface area contributed by atoms with Gasteiger partial charge in [-0.05, 0) is 38.2 Å². The molecule has 1 saturated heterocycles. The molecule has 31 heavy (non-hydrogen) atoms. The summed E-state index contributed by atoms with van der Waals surface area (Å²) in [5.74, 6) is 1.17. The number of nitrogens with one attached hydrogen (secondary N) is 1. The average molecular weight is 449 g/mol. The Morgan fingerprint density at radius 3 is 2.77 bits per heavy atom. The first kappa shape index (κ1) is 23.4. The number of carbonyl (C=O) groups excluding carboxylic acids is 1. The Morgan fingerprint density at radius 1 is 1.39 bits per heavy atom. The van der Waals surface area contributed by atoms with Crippen molar-refractivity contribution < 1.29 is 13.6 Å². The van der Waals surface area contributed by atoms with E-state index in [1.165, 1.54) is 6.08 Å². The van der Waals surface area contributed by atoms with Crippen LogP contribution >= 0.6 is 11.8 Å². The standard InChI is InChI=1S/C23H30F2N4OS/c1-4-11-31-20(5-2)22-27-13-17(18(26-3)7-6-8-21(24)25)19-12-16(14-29(19)22)28-23(30)15-9-10-15/h4-7,11,15-16,21H,8-10,12-14H2,1-3H3,(H,28,30)/b7-6-,11-4-,20-5+,26-18+. The van der Waals surface area contributed by atoms with Gasteiger partial charge in [-0.1, -0.05) is 30.0 Å². The third-order valence-electron chi connectivity index (χ3n) is 5.41. The van der Waals surface area contributed by atoms with Gasteiger partial charge in [0.1, 0.15) is 5.84 Å². The van der Waals surface area contributed by atoms with E-state index in [0.717, 1.165) is 34.9 Å². The van der Waals surface area contributed by atoms with Gasteiger partial charge in [-0.25, -0.2) is 8.78 Å². The lowest BCUT2D eigenvalue weighted by molar-refractivity contribution is -0.122. The number of hydrogen-bond donors (Lipinski definition) is 1. The predicted octanol–water partition coefficient (Wildman–Crippen LogP) is 4.71. The molecular weight excluding hydrogens is 418 g/mol. The summed E-state index contributed by atoms with van der Waals surface area (Å²) in [4.78, 5) is 24.7. The number of aliphatic imine (C=N–C) groups is 2. The average Bonchev–Trinajstić information content (AvgIpc) is 3.52. The number of thioether (sulfide) groups is 1. The maximum atomic E-state index is 12.6. The Balaban J connectivity index is 1.88. The Kier molecular flexibility index (Phi) is 8.23. The fourth-order valence-corrected chi connectivity index (χ4v) is 4.45. The minimum Gasteiger partial charge on any atom is -0.351 e. The predicted molar refractivity (Wildman–Crippen MR) is 125 cm³/mol. The molecule has 2 fully saturated rings. The molecule has 5 nitrogen and oxygen atoms in total. The van der Waals surface area contributed by atoms with Crippen molar-refractivity contribution in [3.63, 3.8) is 0 Å². The van der Waals surface area contributed by atoms with Crippen molar-refractivity contribution in [2.24, 2.45) is 15.9 Å². The molecule has 0 aromatic heterocycles. The van der Waals surface area contributed by atoms with E-state index >= 15 is 0 Å². The number of allylic oxidation sites excluding steroid dienone is 4. The van der Waals surface area contributed by atoms with Crippen LogP contribution in [0.3, 0.4) is 0 Å². The van der Waals surface area contributed by atoms with E-state index in [4.69, 9.17) is 4.99 Å². The molecular formula is C23H30F2N4OS. The molecule has 8 heteroatoms. The lowest BCUT2D eigenvalue weighted by Crippen LogP contribution is -2.40. The molecule has 2 aliphatic heterocycles. The van der Waals surface area contributed by atoms with Crippen molar-refractivity contribution in [2.45, 2.75) is 52.0 Å². The Labute approximate surface area is 187 Å². The smallest absolute Gasteiger partial charge is 0.242 e. The largest absolute Gasteiger partial charge is 0.351 e. The number of fused-ring (bicyclic) bond motifs is 1. The van der Waals surface area contributed by atoms with E-state index in [2.05, 4.69) is 15.2 Å². The van der Waals surface area contributed by atoms with Gasteiger partial charge < -0.3 is 10.2 Å². The molecule has 1 unspecified atom stereocenters. The highest BCUT2D eigenvalue weighted by molar-refractivity contribution is 8.06. The lowest BCUT2D eigenvalue weighted by Gasteiger charge is -2.29. The van der Waals surface area contributed by atoms with Crippen LogP contribution in [-0.4, -0.2) is 55.0 Å². The molecule has 2 heterocycles. The molecule has 1 aliphatic carbocycles. The second-order valence-electron chi connectivity index (χ2n) is 7.74.